The highest BCUT2D eigenvalue weighted by atomic mass is 16.5. The Labute approximate surface area is 129 Å². The molecule has 0 bridgehead atoms. The number of rotatable bonds is 4. The molecule has 1 heterocycles. The maximum Gasteiger partial charge on any atom is 0.204 e. The van der Waals surface area contributed by atoms with Crippen molar-refractivity contribution in [3.8, 4) is 23.0 Å². The van der Waals surface area contributed by atoms with Crippen molar-refractivity contribution in [2.24, 2.45) is 0 Å². The van der Waals surface area contributed by atoms with Crippen LogP contribution in [0.25, 0.3) is 6.08 Å². The van der Waals surface area contributed by atoms with Gasteiger partial charge in [0.2, 0.25) is 5.75 Å². The monoisotopic (exact) mass is 298 g/mol. The summed E-state index contributed by atoms with van der Waals surface area (Å²) >= 11 is 0. The zero-order valence-corrected chi connectivity index (χ0v) is 12.8. The molecular formula is C18H18O4. The lowest BCUT2D eigenvalue weighted by atomic mass is 10.0. The van der Waals surface area contributed by atoms with Crippen molar-refractivity contribution in [2.75, 3.05) is 21.3 Å². The molecule has 2 aromatic rings. The number of hydrogen-bond donors (Lipinski definition) is 0. The Morgan fingerprint density at radius 3 is 2.27 bits per heavy atom. The van der Waals surface area contributed by atoms with Gasteiger partial charge >= 0.3 is 0 Å². The van der Waals surface area contributed by atoms with Crippen molar-refractivity contribution in [1.29, 1.82) is 0 Å². The van der Waals surface area contributed by atoms with Gasteiger partial charge in [-0.15, -0.1) is 0 Å². The summed E-state index contributed by atoms with van der Waals surface area (Å²) in [6.45, 7) is 0. The number of fused-ring (bicyclic) bond motifs is 1. The van der Waals surface area contributed by atoms with E-state index in [2.05, 4.69) is 0 Å². The fraction of sp³-hybridized carbons (Fsp3) is 0.222. The SMILES string of the molecule is COc1cc2c(c(OC)c1OC)C=CC(c1ccccc1)O2. The third kappa shape index (κ3) is 2.37. The van der Waals surface area contributed by atoms with Crippen molar-refractivity contribution >= 4 is 6.08 Å². The molecule has 0 aromatic heterocycles. The molecule has 22 heavy (non-hydrogen) atoms. The van der Waals surface area contributed by atoms with Crippen molar-refractivity contribution in [3.63, 3.8) is 0 Å². The first-order valence-electron chi connectivity index (χ1n) is 7.01. The van der Waals surface area contributed by atoms with Crippen molar-refractivity contribution in [2.45, 2.75) is 6.10 Å². The van der Waals surface area contributed by atoms with E-state index in [0.717, 1.165) is 11.1 Å². The molecule has 4 heteroatoms. The molecule has 1 aliphatic heterocycles. The lowest BCUT2D eigenvalue weighted by Crippen LogP contribution is -2.10. The van der Waals surface area contributed by atoms with Crippen molar-refractivity contribution in [1.82, 2.24) is 0 Å². The third-order valence-corrected chi connectivity index (χ3v) is 3.65. The van der Waals surface area contributed by atoms with Gasteiger partial charge in [0, 0.05) is 6.07 Å². The molecule has 0 aliphatic carbocycles. The standard InChI is InChI=1S/C18H18O4/c1-19-16-11-15-13(17(20-2)18(16)21-3)9-10-14(22-15)12-7-5-4-6-8-12/h4-11,14H,1-3H3. The van der Waals surface area contributed by atoms with Gasteiger partial charge in [-0.2, -0.15) is 0 Å². The molecule has 1 atom stereocenters. The van der Waals surface area contributed by atoms with E-state index in [9.17, 15) is 0 Å². The fourth-order valence-electron chi connectivity index (χ4n) is 2.59. The topological polar surface area (TPSA) is 36.9 Å². The van der Waals surface area contributed by atoms with Gasteiger partial charge in [0.05, 0.1) is 26.9 Å². The number of benzene rings is 2. The van der Waals surface area contributed by atoms with E-state index < -0.39 is 0 Å². The highest BCUT2D eigenvalue weighted by Gasteiger charge is 2.25. The van der Waals surface area contributed by atoms with Crippen LogP contribution in [0, 0.1) is 0 Å². The second-order valence-corrected chi connectivity index (χ2v) is 4.87. The molecule has 0 saturated carbocycles. The van der Waals surface area contributed by atoms with Gasteiger partial charge in [-0.1, -0.05) is 30.3 Å². The van der Waals surface area contributed by atoms with Crippen LogP contribution in [0.15, 0.2) is 42.5 Å². The van der Waals surface area contributed by atoms with Gasteiger partial charge in [-0.3, -0.25) is 0 Å². The summed E-state index contributed by atoms with van der Waals surface area (Å²) < 4.78 is 22.4. The van der Waals surface area contributed by atoms with Crippen LogP contribution in [-0.4, -0.2) is 21.3 Å². The van der Waals surface area contributed by atoms with E-state index in [1.165, 1.54) is 0 Å². The second-order valence-electron chi connectivity index (χ2n) is 4.87. The Kier molecular flexibility index (Phi) is 3.92. The molecule has 0 fully saturated rings. The Hall–Kier alpha value is -2.62. The Bertz CT molecular complexity index is 692. The largest absolute Gasteiger partial charge is 0.493 e. The number of methoxy groups -OCH3 is 3. The Balaban J connectivity index is 2.06. The quantitative estimate of drug-likeness (QED) is 0.859. The van der Waals surface area contributed by atoms with E-state index in [1.807, 2.05) is 48.6 Å². The summed E-state index contributed by atoms with van der Waals surface area (Å²) in [5.74, 6) is 2.47. The van der Waals surface area contributed by atoms with Crippen LogP contribution < -0.4 is 18.9 Å². The van der Waals surface area contributed by atoms with Crippen LogP contribution in [0.3, 0.4) is 0 Å². The van der Waals surface area contributed by atoms with Crippen molar-refractivity contribution < 1.29 is 18.9 Å². The number of ether oxygens (including phenoxy) is 4. The summed E-state index contributed by atoms with van der Waals surface area (Å²) in [7, 11) is 4.79. The Morgan fingerprint density at radius 2 is 1.64 bits per heavy atom. The minimum atomic E-state index is -0.128. The van der Waals surface area contributed by atoms with Gasteiger partial charge in [-0.05, 0) is 17.7 Å². The van der Waals surface area contributed by atoms with Crippen LogP contribution in [0.2, 0.25) is 0 Å². The molecular weight excluding hydrogens is 280 g/mol. The molecule has 4 nitrogen and oxygen atoms in total. The first-order valence-corrected chi connectivity index (χ1v) is 7.01. The smallest absolute Gasteiger partial charge is 0.204 e. The summed E-state index contributed by atoms with van der Waals surface area (Å²) in [6.07, 6.45) is 3.88. The summed E-state index contributed by atoms with van der Waals surface area (Å²) in [5, 5.41) is 0. The van der Waals surface area contributed by atoms with Gasteiger partial charge in [-0.25, -0.2) is 0 Å². The highest BCUT2D eigenvalue weighted by Crippen LogP contribution is 2.48. The summed E-state index contributed by atoms with van der Waals surface area (Å²) in [4.78, 5) is 0. The van der Waals surface area contributed by atoms with Crippen LogP contribution in [0.4, 0.5) is 0 Å². The average molecular weight is 298 g/mol. The maximum absolute atomic E-state index is 6.10. The Morgan fingerprint density at radius 1 is 0.909 bits per heavy atom. The molecule has 0 saturated heterocycles. The normalized spacial score (nSPS) is 15.7. The van der Waals surface area contributed by atoms with E-state index in [0.29, 0.717) is 23.0 Å². The first-order chi connectivity index (χ1) is 10.8. The van der Waals surface area contributed by atoms with Gasteiger partial charge in [0.1, 0.15) is 11.9 Å². The van der Waals surface area contributed by atoms with Gasteiger partial charge in [0.15, 0.2) is 11.5 Å². The second kappa shape index (κ2) is 6.02. The lowest BCUT2D eigenvalue weighted by Gasteiger charge is -2.25. The minimum Gasteiger partial charge on any atom is -0.493 e. The predicted molar refractivity (Wildman–Crippen MR) is 84.9 cm³/mol. The molecule has 0 N–H and O–H groups in total. The van der Waals surface area contributed by atoms with E-state index >= 15 is 0 Å². The van der Waals surface area contributed by atoms with Gasteiger partial charge in [0.25, 0.3) is 0 Å². The fourth-order valence-corrected chi connectivity index (χ4v) is 2.59. The maximum atomic E-state index is 6.10. The van der Waals surface area contributed by atoms with Crippen LogP contribution in [0.1, 0.15) is 17.2 Å². The van der Waals surface area contributed by atoms with Crippen LogP contribution >= 0.6 is 0 Å². The molecule has 1 aliphatic rings. The first kappa shape index (κ1) is 14.3. The number of hydrogen-bond acceptors (Lipinski definition) is 4. The summed E-state index contributed by atoms with van der Waals surface area (Å²) in [6, 6.07) is 11.9. The molecule has 0 spiro atoms. The average Bonchev–Trinajstić information content (AvgIpc) is 2.60. The van der Waals surface area contributed by atoms with E-state index in [-0.39, 0.29) is 6.10 Å². The minimum absolute atomic E-state index is 0.128. The third-order valence-electron chi connectivity index (χ3n) is 3.65. The zero-order valence-electron chi connectivity index (χ0n) is 12.8. The molecule has 0 amide bonds. The molecule has 0 radical (unpaired) electrons. The lowest BCUT2D eigenvalue weighted by molar-refractivity contribution is 0.245. The molecule has 114 valence electrons. The zero-order chi connectivity index (χ0) is 15.5. The summed E-state index contributed by atoms with van der Waals surface area (Å²) in [5.41, 5.74) is 1.95. The molecule has 2 aromatic carbocycles. The van der Waals surface area contributed by atoms with Gasteiger partial charge < -0.3 is 18.9 Å². The van der Waals surface area contributed by atoms with E-state index in [4.69, 9.17) is 18.9 Å². The van der Waals surface area contributed by atoms with Crippen LogP contribution in [0.5, 0.6) is 23.0 Å². The molecule has 1 unspecified atom stereocenters. The van der Waals surface area contributed by atoms with Crippen molar-refractivity contribution in [3.05, 3.63) is 53.6 Å². The van der Waals surface area contributed by atoms with E-state index in [1.54, 1.807) is 21.3 Å². The predicted octanol–water partition coefficient (Wildman–Crippen LogP) is 3.86. The van der Waals surface area contributed by atoms with Crippen LogP contribution in [-0.2, 0) is 0 Å². The highest BCUT2D eigenvalue weighted by molar-refractivity contribution is 5.74. The molecule has 3 rings (SSSR count).